The number of rotatable bonds is 5. The van der Waals surface area contributed by atoms with Crippen molar-refractivity contribution < 1.29 is 5.11 Å². The Kier molecular flexibility index (Phi) is 5.57. The third-order valence-electron chi connectivity index (χ3n) is 6.01. The van der Waals surface area contributed by atoms with Crippen molar-refractivity contribution in [3.63, 3.8) is 0 Å². The topological polar surface area (TPSA) is 70.3 Å². The molecule has 146 valence electrons. The fraction of sp³-hybridized carbons (Fsp3) is 0.650. The van der Waals surface area contributed by atoms with Gasteiger partial charge in [0.05, 0.1) is 6.20 Å². The molecular weight excluding hydrogens is 340 g/mol. The van der Waals surface area contributed by atoms with E-state index in [4.69, 9.17) is 0 Å². The molecule has 4 heterocycles. The van der Waals surface area contributed by atoms with Gasteiger partial charge in [-0.1, -0.05) is 0 Å². The van der Waals surface area contributed by atoms with Crippen LogP contribution in [0, 0.1) is 5.92 Å². The Balaban J connectivity index is 1.39. The van der Waals surface area contributed by atoms with Gasteiger partial charge in [0, 0.05) is 51.6 Å². The summed E-state index contributed by atoms with van der Waals surface area (Å²) in [5, 5.41) is 13.9. The zero-order chi connectivity index (χ0) is 18.6. The molecule has 1 N–H and O–H groups in total. The Morgan fingerprint density at radius 2 is 1.85 bits per heavy atom. The lowest BCUT2D eigenvalue weighted by molar-refractivity contribution is 0.208. The Hall–Kier alpha value is -2.15. The summed E-state index contributed by atoms with van der Waals surface area (Å²) in [7, 11) is 0. The molecule has 2 aliphatic rings. The van der Waals surface area contributed by atoms with Crippen LogP contribution >= 0.6 is 0 Å². The van der Waals surface area contributed by atoms with Gasteiger partial charge in [-0.25, -0.2) is 9.97 Å². The number of aliphatic hydroxyl groups is 1. The molecular formula is C20H30N6O. The molecule has 0 aliphatic carbocycles. The number of nitrogens with zero attached hydrogens (tertiary/aromatic N) is 6. The van der Waals surface area contributed by atoms with Crippen LogP contribution in [-0.4, -0.2) is 57.6 Å². The van der Waals surface area contributed by atoms with E-state index in [1.54, 1.807) is 6.33 Å². The Labute approximate surface area is 161 Å². The number of anilines is 2. The Morgan fingerprint density at radius 3 is 2.56 bits per heavy atom. The number of aryl methyl sites for hydroxylation is 1. The molecule has 2 saturated heterocycles. The molecule has 2 aromatic heterocycles. The summed E-state index contributed by atoms with van der Waals surface area (Å²) in [6, 6.07) is 2.12. The summed E-state index contributed by atoms with van der Waals surface area (Å²) < 4.78 is 2.01. The fourth-order valence-corrected chi connectivity index (χ4v) is 4.31. The van der Waals surface area contributed by atoms with E-state index < -0.39 is 0 Å². The molecule has 0 bridgehead atoms. The highest BCUT2D eigenvalue weighted by Gasteiger charge is 2.24. The molecule has 0 spiro atoms. The molecule has 4 rings (SSSR count). The molecule has 2 fully saturated rings. The van der Waals surface area contributed by atoms with Gasteiger partial charge in [-0.2, -0.15) is 5.10 Å². The minimum Gasteiger partial charge on any atom is -0.396 e. The van der Waals surface area contributed by atoms with E-state index in [9.17, 15) is 5.11 Å². The second kappa shape index (κ2) is 8.25. The SMILES string of the molecule is CCn1cc(C2CCN(c3cc(N4CCCC(CO)C4)ncn3)CC2)cn1. The van der Waals surface area contributed by atoms with Gasteiger partial charge in [0.15, 0.2) is 0 Å². The lowest BCUT2D eigenvalue weighted by Gasteiger charge is -2.35. The van der Waals surface area contributed by atoms with Crippen LogP contribution in [0.4, 0.5) is 11.6 Å². The maximum absolute atomic E-state index is 9.48. The lowest BCUT2D eigenvalue weighted by Crippen LogP contribution is -2.38. The smallest absolute Gasteiger partial charge is 0.134 e. The zero-order valence-corrected chi connectivity index (χ0v) is 16.2. The summed E-state index contributed by atoms with van der Waals surface area (Å²) >= 11 is 0. The van der Waals surface area contributed by atoms with Crippen molar-refractivity contribution in [1.29, 1.82) is 0 Å². The first-order chi connectivity index (χ1) is 13.3. The highest BCUT2D eigenvalue weighted by atomic mass is 16.3. The predicted octanol–water partition coefficient (Wildman–Crippen LogP) is 2.29. The average molecular weight is 371 g/mol. The van der Waals surface area contributed by atoms with Gasteiger partial charge in [-0.3, -0.25) is 4.68 Å². The van der Waals surface area contributed by atoms with E-state index in [0.29, 0.717) is 11.8 Å². The summed E-state index contributed by atoms with van der Waals surface area (Å²) in [4.78, 5) is 13.7. The molecule has 0 amide bonds. The maximum atomic E-state index is 9.48. The molecule has 27 heavy (non-hydrogen) atoms. The molecule has 2 aromatic rings. The third kappa shape index (κ3) is 4.08. The summed E-state index contributed by atoms with van der Waals surface area (Å²) in [6.07, 6.45) is 10.4. The number of hydrogen-bond donors (Lipinski definition) is 1. The lowest BCUT2D eigenvalue weighted by atomic mass is 9.91. The van der Waals surface area contributed by atoms with E-state index in [0.717, 1.165) is 70.0 Å². The van der Waals surface area contributed by atoms with Gasteiger partial charge in [-0.05, 0) is 50.0 Å². The number of aliphatic hydroxyl groups excluding tert-OH is 1. The van der Waals surface area contributed by atoms with Crippen molar-refractivity contribution in [2.45, 2.75) is 45.1 Å². The number of piperidine rings is 2. The van der Waals surface area contributed by atoms with Gasteiger partial charge in [0.2, 0.25) is 0 Å². The zero-order valence-electron chi connectivity index (χ0n) is 16.2. The maximum Gasteiger partial charge on any atom is 0.134 e. The van der Waals surface area contributed by atoms with Crippen LogP contribution in [0.3, 0.4) is 0 Å². The molecule has 1 atom stereocenters. The monoisotopic (exact) mass is 370 g/mol. The van der Waals surface area contributed by atoms with Crippen LogP contribution in [0.15, 0.2) is 24.8 Å². The van der Waals surface area contributed by atoms with Gasteiger partial charge in [-0.15, -0.1) is 0 Å². The highest BCUT2D eigenvalue weighted by molar-refractivity contribution is 5.50. The third-order valence-corrected chi connectivity index (χ3v) is 6.01. The van der Waals surface area contributed by atoms with E-state index >= 15 is 0 Å². The van der Waals surface area contributed by atoms with Crippen molar-refractivity contribution in [1.82, 2.24) is 19.7 Å². The number of hydrogen-bond acceptors (Lipinski definition) is 6. The molecule has 0 radical (unpaired) electrons. The molecule has 0 aromatic carbocycles. The summed E-state index contributed by atoms with van der Waals surface area (Å²) in [5.74, 6) is 2.96. The first-order valence-corrected chi connectivity index (χ1v) is 10.2. The van der Waals surface area contributed by atoms with Crippen LogP contribution in [0.1, 0.15) is 44.1 Å². The molecule has 7 nitrogen and oxygen atoms in total. The minimum atomic E-state index is 0.260. The quantitative estimate of drug-likeness (QED) is 0.871. The number of aromatic nitrogens is 4. The van der Waals surface area contributed by atoms with Gasteiger partial charge in [0.25, 0.3) is 0 Å². The van der Waals surface area contributed by atoms with Crippen molar-refractivity contribution in [3.05, 3.63) is 30.4 Å². The average Bonchev–Trinajstić information content (AvgIpc) is 3.23. The van der Waals surface area contributed by atoms with Crippen molar-refractivity contribution in [2.75, 3.05) is 42.6 Å². The normalized spacial score (nSPS) is 21.6. The molecule has 1 unspecified atom stereocenters. The first kappa shape index (κ1) is 18.2. The van der Waals surface area contributed by atoms with Crippen molar-refractivity contribution in [2.24, 2.45) is 5.92 Å². The van der Waals surface area contributed by atoms with Gasteiger partial charge in [0.1, 0.15) is 18.0 Å². The van der Waals surface area contributed by atoms with Crippen LogP contribution < -0.4 is 9.80 Å². The first-order valence-electron chi connectivity index (χ1n) is 10.2. The minimum absolute atomic E-state index is 0.260. The Morgan fingerprint density at radius 1 is 1.07 bits per heavy atom. The largest absolute Gasteiger partial charge is 0.396 e. The second-order valence-electron chi connectivity index (χ2n) is 7.76. The fourth-order valence-electron chi connectivity index (χ4n) is 4.31. The van der Waals surface area contributed by atoms with E-state index in [1.807, 2.05) is 10.9 Å². The van der Waals surface area contributed by atoms with Crippen molar-refractivity contribution >= 4 is 11.6 Å². The molecule has 7 heteroatoms. The Bertz CT molecular complexity index is 740. The van der Waals surface area contributed by atoms with Crippen LogP contribution in [0.25, 0.3) is 0 Å². The predicted molar refractivity (Wildman–Crippen MR) is 106 cm³/mol. The standard InChI is InChI=1S/C20H30N6O/c1-2-26-13-18(11-23-26)17-5-8-24(9-6-17)19-10-20(22-15-21-19)25-7-3-4-16(12-25)14-27/h10-11,13,15-17,27H,2-9,12,14H2,1H3. The van der Waals surface area contributed by atoms with E-state index in [-0.39, 0.29) is 6.61 Å². The van der Waals surface area contributed by atoms with Crippen LogP contribution in [-0.2, 0) is 6.54 Å². The van der Waals surface area contributed by atoms with Crippen molar-refractivity contribution in [3.8, 4) is 0 Å². The van der Waals surface area contributed by atoms with E-state index in [1.165, 1.54) is 5.56 Å². The van der Waals surface area contributed by atoms with Gasteiger partial charge < -0.3 is 14.9 Å². The van der Waals surface area contributed by atoms with Crippen LogP contribution in [0.2, 0.25) is 0 Å². The second-order valence-corrected chi connectivity index (χ2v) is 7.76. The van der Waals surface area contributed by atoms with Crippen LogP contribution in [0.5, 0.6) is 0 Å². The summed E-state index contributed by atoms with van der Waals surface area (Å²) in [6.45, 7) is 7.23. The van der Waals surface area contributed by atoms with Gasteiger partial charge >= 0.3 is 0 Å². The highest BCUT2D eigenvalue weighted by Crippen LogP contribution is 2.31. The summed E-state index contributed by atoms with van der Waals surface area (Å²) in [5.41, 5.74) is 1.36. The van der Waals surface area contributed by atoms with E-state index in [2.05, 4.69) is 44.1 Å². The molecule has 0 saturated carbocycles. The molecule has 2 aliphatic heterocycles.